The van der Waals surface area contributed by atoms with Gasteiger partial charge >= 0.3 is 0 Å². The zero-order valence-electron chi connectivity index (χ0n) is 18.1. The Morgan fingerprint density at radius 2 is 1.80 bits per heavy atom. The minimum atomic E-state index is 0.0695. The molecule has 0 bridgehead atoms. The highest BCUT2D eigenvalue weighted by atomic mass is 32.1. The van der Waals surface area contributed by atoms with Crippen LogP contribution in [0.25, 0.3) is 16.2 Å². The molecule has 0 saturated carbocycles. The second-order valence-corrected chi connectivity index (χ2v) is 9.89. The summed E-state index contributed by atoms with van der Waals surface area (Å²) in [5.74, 6) is 8.20. The normalized spacial score (nSPS) is 12.7. The topological polar surface area (TPSA) is 30.2 Å². The van der Waals surface area contributed by atoms with E-state index in [-0.39, 0.29) is 11.3 Å². The fourth-order valence-corrected chi connectivity index (χ4v) is 4.98. The van der Waals surface area contributed by atoms with Crippen molar-refractivity contribution in [3.8, 4) is 22.4 Å². The first-order valence-electron chi connectivity index (χ1n) is 10.1. The lowest BCUT2D eigenvalue weighted by Gasteiger charge is -2.34. The molecule has 0 saturated heterocycles. The van der Waals surface area contributed by atoms with Crippen LogP contribution >= 0.6 is 11.3 Å². The van der Waals surface area contributed by atoms with Crippen LogP contribution in [0.1, 0.15) is 56.7 Å². The molecule has 0 spiro atoms. The van der Waals surface area contributed by atoms with Crippen molar-refractivity contribution in [2.24, 2.45) is 5.41 Å². The van der Waals surface area contributed by atoms with Crippen molar-refractivity contribution in [2.45, 2.75) is 40.5 Å². The van der Waals surface area contributed by atoms with Gasteiger partial charge in [-0.05, 0) is 35.6 Å². The summed E-state index contributed by atoms with van der Waals surface area (Å²) in [7, 11) is 0. The van der Waals surface area contributed by atoms with E-state index in [1.54, 1.807) is 11.3 Å². The number of imidazole rings is 1. The van der Waals surface area contributed by atoms with Crippen molar-refractivity contribution in [3.63, 3.8) is 0 Å². The second-order valence-electron chi connectivity index (χ2n) is 8.81. The lowest BCUT2D eigenvalue weighted by molar-refractivity contribution is 0.325. The molecule has 151 valence electrons. The third-order valence-electron chi connectivity index (χ3n) is 5.13. The fraction of sp³-hybridized carbons (Fsp3) is 0.269. The van der Waals surface area contributed by atoms with E-state index >= 15 is 0 Å². The van der Waals surface area contributed by atoms with E-state index in [2.05, 4.69) is 68.0 Å². The Kier molecular flexibility index (Phi) is 5.49. The van der Waals surface area contributed by atoms with Crippen LogP contribution < -0.4 is 0 Å². The number of benzene rings is 1. The van der Waals surface area contributed by atoms with Gasteiger partial charge in [0.2, 0.25) is 0 Å². The number of fused-ring (bicyclic) bond motifs is 1. The quantitative estimate of drug-likeness (QED) is 0.355. The average molecular weight is 413 g/mol. The molecule has 1 aromatic carbocycles. The summed E-state index contributed by atoms with van der Waals surface area (Å²) in [4.78, 5) is 11.4. The minimum Gasteiger partial charge on any atom is -0.300 e. The van der Waals surface area contributed by atoms with E-state index in [9.17, 15) is 0 Å². The van der Waals surface area contributed by atoms with Crippen LogP contribution in [-0.4, -0.2) is 14.4 Å². The summed E-state index contributed by atoms with van der Waals surface area (Å²) in [5.41, 5.74) is 4.23. The SMILES string of the molecule is C[C](C)C(c1c(-c2ccc(C#Cc3ccccc3)s2)nc2cnccn12)C(C)(C)C. The lowest BCUT2D eigenvalue weighted by Crippen LogP contribution is -2.24. The molecule has 0 N–H and O–H groups in total. The summed E-state index contributed by atoms with van der Waals surface area (Å²) in [6.45, 7) is 11.3. The molecular weight excluding hydrogens is 386 g/mol. The van der Waals surface area contributed by atoms with Crippen molar-refractivity contribution >= 4 is 17.0 Å². The van der Waals surface area contributed by atoms with Crippen LogP contribution in [0.3, 0.4) is 0 Å². The number of hydrogen-bond donors (Lipinski definition) is 0. The fourth-order valence-electron chi connectivity index (χ4n) is 4.12. The molecule has 0 fully saturated rings. The molecule has 4 heteroatoms. The Balaban J connectivity index is 1.82. The summed E-state index contributed by atoms with van der Waals surface area (Å²) in [6.07, 6.45) is 5.69. The summed E-state index contributed by atoms with van der Waals surface area (Å²) < 4.78 is 2.19. The van der Waals surface area contributed by atoms with Gasteiger partial charge < -0.3 is 4.40 Å². The number of rotatable bonds is 3. The monoisotopic (exact) mass is 412 g/mol. The molecule has 1 unspecified atom stereocenters. The molecule has 4 aromatic rings. The molecule has 0 aliphatic heterocycles. The highest BCUT2D eigenvalue weighted by molar-refractivity contribution is 7.16. The van der Waals surface area contributed by atoms with Gasteiger partial charge in [-0.3, -0.25) is 4.98 Å². The predicted molar refractivity (Wildman–Crippen MR) is 126 cm³/mol. The molecule has 1 radical (unpaired) electrons. The third kappa shape index (κ3) is 4.04. The molecular formula is C26H26N3S. The number of aromatic nitrogens is 3. The van der Waals surface area contributed by atoms with Crippen molar-refractivity contribution in [2.75, 3.05) is 0 Å². The minimum absolute atomic E-state index is 0.0695. The number of thiophene rings is 1. The molecule has 3 aromatic heterocycles. The van der Waals surface area contributed by atoms with Crippen LogP contribution in [0.5, 0.6) is 0 Å². The third-order valence-corrected chi connectivity index (χ3v) is 6.13. The maximum absolute atomic E-state index is 4.98. The highest BCUT2D eigenvalue weighted by Crippen LogP contribution is 2.46. The van der Waals surface area contributed by atoms with E-state index in [0.717, 1.165) is 26.7 Å². The molecule has 4 rings (SSSR count). The van der Waals surface area contributed by atoms with Gasteiger partial charge in [-0.2, -0.15) is 0 Å². The zero-order chi connectivity index (χ0) is 21.3. The first kappa shape index (κ1) is 20.4. The first-order chi connectivity index (χ1) is 14.3. The molecule has 0 amide bonds. The summed E-state index contributed by atoms with van der Waals surface area (Å²) in [6, 6.07) is 14.3. The number of nitrogens with zero attached hydrogens (tertiary/aromatic N) is 3. The molecule has 0 aliphatic carbocycles. The Bertz CT molecular complexity index is 1210. The highest BCUT2D eigenvalue weighted by Gasteiger charge is 2.34. The van der Waals surface area contributed by atoms with Crippen LogP contribution in [0.4, 0.5) is 0 Å². The Labute approximate surface area is 182 Å². The van der Waals surface area contributed by atoms with Crippen molar-refractivity contribution in [1.29, 1.82) is 0 Å². The number of hydrogen-bond acceptors (Lipinski definition) is 3. The maximum atomic E-state index is 4.98. The van der Waals surface area contributed by atoms with Gasteiger partial charge in [0, 0.05) is 23.9 Å². The van der Waals surface area contributed by atoms with Gasteiger partial charge in [-0.25, -0.2) is 4.98 Å². The average Bonchev–Trinajstić information content (AvgIpc) is 3.31. The molecule has 3 nitrogen and oxygen atoms in total. The Morgan fingerprint density at radius 3 is 2.50 bits per heavy atom. The van der Waals surface area contributed by atoms with Gasteiger partial charge in [0.25, 0.3) is 0 Å². The lowest BCUT2D eigenvalue weighted by atomic mass is 9.72. The van der Waals surface area contributed by atoms with Gasteiger partial charge in [0.05, 0.1) is 21.6 Å². The standard InChI is InChI=1S/C26H26N3S/c1-18(2)23(26(3,4)5)25-24(28-22-17-27-15-16-29(22)25)21-14-13-20(30-21)12-11-19-9-7-6-8-10-19/h6-10,13-17,23H,1-5H3. The van der Waals surface area contributed by atoms with Crippen LogP contribution in [0, 0.1) is 23.2 Å². The molecule has 3 heterocycles. The second kappa shape index (κ2) is 8.08. The molecule has 1 atom stereocenters. The van der Waals surface area contributed by atoms with E-state index in [0.29, 0.717) is 0 Å². The smallest absolute Gasteiger partial charge is 0.156 e. The van der Waals surface area contributed by atoms with Crippen LogP contribution in [0.15, 0.2) is 61.1 Å². The Morgan fingerprint density at radius 1 is 1.03 bits per heavy atom. The Hall–Kier alpha value is -2.90. The molecule has 30 heavy (non-hydrogen) atoms. The first-order valence-corrected chi connectivity index (χ1v) is 11.0. The largest absolute Gasteiger partial charge is 0.300 e. The van der Waals surface area contributed by atoms with Gasteiger partial charge in [0.1, 0.15) is 5.69 Å². The predicted octanol–water partition coefficient (Wildman–Crippen LogP) is 6.60. The van der Waals surface area contributed by atoms with Crippen LogP contribution in [-0.2, 0) is 0 Å². The van der Waals surface area contributed by atoms with E-state index in [4.69, 9.17) is 4.98 Å². The van der Waals surface area contributed by atoms with Gasteiger partial charge in [-0.1, -0.05) is 64.7 Å². The van der Waals surface area contributed by atoms with Crippen molar-refractivity contribution in [3.05, 3.63) is 83.1 Å². The van der Waals surface area contributed by atoms with Crippen molar-refractivity contribution in [1.82, 2.24) is 14.4 Å². The maximum Gasteiger partial charge on any atom is 0.156 e. The van der Waals surface area contributed by atoms with E-state index < -0.39 is 0 Å². The summed E-state index contributed by atoms with van der Waals surface area (Å²) >= 11 is 1.70. The van der Waals surface area contributed by atoms with Gasteiger partial charge in [-0.15, -0.1) is 11.3 Å². The zero-order valence-corrected chi connectivity index (χ0v) is 18.9. The van der Waals surface area contributed by atoms with Crippen LogP contribution in [0.2, 0.25) is 0 Å². The molecule has 0 aliphatic rings. The van der Waals surface area contributed by atoms with Crippen molar-refractivity contribution < 1.29 is 0 Å². The van der Waals surface area contributed by atoms with E-state index in [1.807, 2.05) is 48.9 Å². The van der Waals surface area contributed by atoms with E-state index in [1.165, 1.54) is 11.6 Å². The summed E-state index contributed by atoms with van der Waals surface area (Å²) in [5, 5.41) is 0. The van der Waals surface area contributed by atoms with Gasteiger partial charge in [0.15, 0.2) is 5.65 Å².